The van der Waals surface area contributed by atoms with Crippen molar-refractivity contribution in [1.29, 1.82) is 0 Å². The van der Waals surface area contributed by atoms with Crippen molar-refractivity contribution in [2.45, 2.75) is 6.54 Å². The standard InChI is InChI=1S/C12H14N2O4/c1-17-9-4-2-3-8(5-13)12(9)14-10(15)6-18-7-11(14)16/h2-4H,5-7,13H2,1H3. The van der Waals surface area contributed by atoms with E-state index >= 15 is 0 Å². The first-order chi connectivity index (χ1) is 8.69. The summed E-state index contributed by atoms with van der Waals surface area (Å²) in [5.74, 6) is -0.377. The number of hydrogen-bond acceptors (Lipinski definition) is 5. The topological polar surface area (TPSA) is 81.9 Å². The van der Waals surface area contributed by atoms with E-state index in [4.69, 9.17) is 15.2 Å². The summed E-state index contributed by atoms with van der Waals surface area (Å²) in [7, 11) is 1.48. The number of anilines is 1. The van der Waals surface area contributed by atoms with Gasteiger partial charge in [0.2, 0.25) is 0 Å². The van der Waals surface area contributed by atoms with E-state index in [1.165, 1.54) is 7.11 Å². The fourth-order valence-corrected chi connectivity index (χ4v) is 1.89. The maximum atomic E-state index is 11.8. The van der Waals surface area contributed by atoms with E-state index in [-0.39, 0.29) is 19.8 Å². The third-order valence-corrected chi connectivity index (χ3v) is 2.70. The highest BCUT2D eigenvalue weighted by molar-refractivity contribution is 6.18. The number of carbonyl (C=O) groups is 2. The fourth-order valence-electron chi connectivity index (χ4n) is 1.89. The predicted molar refractivity (Wildman–Crippen MR) is 64.2 cm³/mol. The van der Waals surface area contributed by atoms with Crippen LogP contribution in [-0.4, -0.2) is 32.1 Å². The summed E-state index contributed by atoms with van der Waals surface area (Å²) in [5.41, 5.74) is 6.73. The smallest absolute Gasteiger partial charge is 0.259 e. The van der Waals surface area contributed by atoms with Crippen LogP contribution in [0.15, 0.2) is 18.2 Å². The molecule has 0 unspecified atom stereocenters. The van der Waals surface area contributed by atoms with E-state index in [2.05, 4.69) is 0 Å². The Morgan fingerprint density at radius 2 is 2.00 bits per heavy atom. The monoisotopic (exact) mass is 250 g/mol. The van der Waals surface area contributed by atoms with E-state index < -0.39 is 11.8 Å². The maximum absolute atomic E-state index is 11.8. The van der Waals surface area contributed by atoms with Crippen molar-refractivity contribution in [3.05, 3.63) is 23.8 Å². The molecule has 1 saturated heterocycles. The summed E-state index contributed by atoms with van der Waals surface area (Å²) < 4.78 is 10.1. The number of imide groups is 1. The number of para-hydroxylation sites is 1. The quantitative estimate of drug-likeness (QED) is 0.766. The molecular weight excluding hydrogens is 236 g/mol. The second kappa shape index (κ2) is 5.16. The first kappa shape index (κ1) is 12.5. The van der Waals surface area contributed by atoms with Gasteiger partial charge in [-0.2, -0.15) is 0 Å². The van der Waals surface area contributed by atoms with Gasteiger partial charge in [0, 0.05) is 6.54 Å². The molecule has 1 aliphatic heterocycles. The third kappa shape index (κ3) is 2.07. The molecule has 6 heteroatoms. The van der Waals surface area contributed by atoms with Crippen molar-refractivity contribution in [2.24, 2.45) is 5.73 Å². The Hall–Kier alpha value is -1.92. The van der Waals surface area contributed by atoms with Gasteiger partial charge in [0.15, 0.2) is 0 Å². The van der Waals surface area contributed by atoms with Crippen molar-refractivity contribution in [2.75, 3.05) is 25.2 Å². The van der Waals surface area contributed by atoms with Gasteiger partial charge >= 0.3 is 0 Å². The van der Waals surface area contributed by atoms with Crippen LogP contribution in [0.5, 0.6) is 5.75 Å². The number of amides is 2. The van der Waals surface area contributed by atoms with Crippen LogP contribution in [0, 0.1) is 0 Å². The lowest BCUT2D eigenvalue weighted by molar-refractivity contribution is -0.138. The predicted octanol–water partition coefficient (Wildman–Crippen LogP) is 0.0437. The van der Waals surface area contributed by atoms with Gasteiger partial charge in [0.05, 0.1) is 12.8 Å². The zero-order valence-electron chi connectivity index (χ0n) is 10.0. The van der Waals surface area contributed by atoms with Gasteiger partial charge in [-0.05, 0) is 11.6 Å². The number of ether oxygens (including phenoxy) is 2. The second-order valence-corrected chi connectivity index (χ2v) is 3.79. The van der Waals surface area contributed by atoms with Gasteiger partial charge in [-0.15, -0.1) is 0 Å². The molecule has 0 atom stereocenters. The van der Waals surface area contributed by atoms with E-state index in [0.29, 0.717) is 17.0 Å². The summed E-state index contributed by atoms with van der Waals surface area (Å²) in [6, 6.07) is 5.21. The Balaban J connectivity index is 2.53. The van der Waals surface area contributed by atoms with Crippen LogP contribution >= 0.6 is 0 Å². The second-order valence-electron chi connectivity index (χ2n) is 3.79. The van der Waals surface area contributed by atoms with E-state index in [0.717, 1.165) is 4.90 Å². The van der Waals surface area contributed by atoms with Crippen molar-refractivity contribution in [1.82, 2.24) is 0 Å². The highest BCUT2D eigenvalue weighted by atomic mass is 16.5. The lowest BCUT2D eigenvalue weighted by Gasteiger charge is -2.28. The minimum Gasteiger partial charge on any atom is -0.495 e. The molecule has 2 amide bonds. The first-order valence-corrected chi connectivity index (χ1v) is 5.48. The van der Waals surface area contributed by atoms with Gasteiger partial charge in [0.1, 0.15) is 19.0 Å². The number of rotatable bonds is 3. The third-order valence-electron chi connectivity index (χ3n) is 2.70. The number of carbonyl (C=O) groups excluding carboxylic acids is 2. The molecule has 0 saturated carbocycles. The molecule has 2 rings (SSSR count). The van der Waals surface area contributed by atoms with Crippen molar-refractivity contribution < 1.29 is 19.1 Å². The minimum atomic E-state index is -0.412. The lowest BCUT2D eigenvalue weighted by atomic mass is 10.1. The Morgan fingerprint density at radius 1 is 1.33 bits per heavy atom. The Labute approximate surface area is 104 Å². The van der Waals surface area contributed by atoms with Crippen LogP contribution in [0.1, 0.15) is 5.56 Å². The lowest BCUT2D eigenvalue weighted by Crippen LogP contribution is -2.47. The van der Waals surface area contributed by atoms with E-state index in [1.54, 1.807) is 18.2 Å². The normalized spacial score (nSPS) is 16.0. The van der Waals surface area contributed by atoms with E-state index in [9.17, 15) is 9.59 Å². The Bertz CT molecular complexity index is 449. The van der Waals surface area contributed by atoms with E-state index in [1.807, 2.05) is 0 Å². The number of morpholine rings is 1. The SMILES string of the molecule is COc1cccc(CN)c1N1C(=O)COCC1=O. The largest absolute Gasteiger partial charge is 0.495 e. The molecular formula is C12H14N2O4. The molecule has 0 aliphatic carbocycles. The number of hydrogen-bond donors (Lipinski definition) is 1. The molecule has 1 heterocycles. The minimum absolute atomic E-state index is 0.117. The van der Waals surface area contributed by atoms with Crippen LogP contribution < -0.4 is 15.4 Å². The number of benzene rings is 1. The fraction of sp³-hybridized carbons (Fsp3) is 0.333. The summed E-state index contributed by atoms with van der Waals surface area (Å²) in [5, 5.41) is 0. The van der Waals surface area contributed by atoms with Crippen LogP contribution in [0.25, 0.3) is 0 Å². The molecule has 2 N–H and O–H groups in total. The molecule has 1 aromatic rings. The zero-order valence-corrected chi connectivity index (χ0v) is 10.0. The highest BCUT2D eigenvalue weighted by Gasteiger charge is 2.31. The summed E-state index contributed by atoms with van der Waals surface area (Å²) in [6.07, 6.45) is 0. The molecule has 1 fully saturated rings. The number of nitrogens with two attached hydrogens (primary N) is 1. The van der Waals surface area contributed by atoms with Crippen LogP contribution in [0.3, 0.4) is 0 Å². The molecule has 6 nitrogen and oxygen atoms in total. The first-order valence-electron chi connectivity index (χ1n) is 5.48. The Morgan fingerprint density at radius 3 is 2.56 bits per heavy atom. The molecule has 0 aromatic heterocycles. The van der Waals surface area contributed by atoms with Crippen molar-refractivity contribution in [3.8, 4) is 5.75 Å². The van der Waals surface area contributed by atoms with Crippen LogP contribution in [0.2, 0.25) is 0 Å². The molecule has 1 aliphatic rings. The molecule has 0 spiro atoms. The van der Waals surface area contributed by atoms with Gasteiger partial charge < -0.3 is 15.2 Å². The van der Waals surface area contributed by atoms with Crippen LogP contribution in [-0.2, 0) is 20.9 Å². The highest BCUT2D eigenvalue weighted by Crippen LogP contribution is 2.33. The zero-order chi connectivity index (χ0) is 13.1. The van der Waals surface area contributed by atoms with Crippen molar-refractivity contribution in [3.63, 3.8) is 0 Å². The van der Waals surface area contributed by atoms with Gasteiger partial charge in [0.25, 0.3) is 11.8 Å². The van der Waals surface area contributed by atoms with Gasteiger partial charge in [-0.1, -0.05) is 12.1 Å². The molecule has 96 valence electrons. The molecule has 1 aromatic carbocycles. The van der Waals surface area contributed by atoms with Gasteiger partial charge in [-0.3, -0.25) is 9.59 Å². The number of methoxy groups -OCH3 is 1. The summed E-state index contributed by atoms with van der Waals surface area (Å²) in [4.78, 5) is 24.7. The Kier molecular flexibility index (Phi) is 3.59. The number of nitrogens with zero attached hydrogens (tertiary/aromatic N) is 1. The van der Waals surface area contributed by atoms with Gasteiger partial charge in [-0.25, -0.2) is 4.90 Å². The average molecular weight is 250 g/mol. The molecule has 18 heavy (non-hydrogen) atoms. The molecule has 0 radical (unpaired) electrons. The summed E-state index contributed by atoms with van der Waals surface area (Å²) >= 11 is 0. The molecule has 0 bridgehead atoms. The van der Waals surface area contributed by atoms with Crippen LogP contribution in [0.4, 0.5) is 5.69 Å². The maximum Gasteiger partial charge on any atom is 0.259 e. The average Bonchev–Trinajstić information content (AvgIpc) is 2.38. The van der Waals surface area contributed by atoms with Crippen molar-refractivity contribution >= 4 is 17.5 Å². The summed E-state index contributed by atoms with van der Waals surface area (Å²) in [6.45, 7) is -0.0218.